The number of nitrogens with zero attached hydrogens (tertiary/aromatic N) is 2. The lowest BCUT2D eigenvalue weighted by Crippen LogP contribution is -2.45. The second kappa shape index (κ2) is 6.71. The Hall–Kier alpha value is -1.62. The summed E-state index contributed by atoms with van der Waals surface area (Å²) in [4.78, 5) is 17.1. The number of carbonyl (C=O) groups excluding carboxylic acids is 1. The average molecular weight is 332 g/mol. The van der Waals surface area contributed by atoms with Gasteiger partial charge >= 0.3 is 0 Å². The van der Waals surface area contributed by atoms with Crippen LogP contribution in [0.2, 0.25) is 0 Å². The number of rotatable bonds is 5. The molecule has 3 aliphatic heterocycles. The van der Waals surface area contributed by atoms with Gasteiger partial charge in [-0.1, -0.05) is 6.07 Å². The third-order valence-corrected chi connectivity index (χ3v) is 5.53. The normalized spacial score (nSPS) is 27.1. The van der Waals surface area contributed by atoms with Crippen molar-refractivity contribution in [2.24, 2.45) is 11.8 Å². The molecule has 2 atom stereocenters. The Labute approximate surface area is 142 Å². The summed E-state index contributed by atoms with van der Waals surface area (Å²) in [7, 11) is 0. The largest absolute Gasteiger partial charge is 0.484 e. The molecule has 1 saturated carbocycles. The van der Waals surface area contributed by atoms with Gasteiger partial charge in [-0.25, -0.2) is 4.39 Å². The minimum atomic E-state index is -0.344. The van der Waals surface area contributed by atoms with Crippen LogP contribution in [0, 0.1) is 17.7 Å². The monoisotopic (exact) mass is 332 g/mol. The SMILES string of the molecule is O=C(COc1cccc(F)c1)N1C[C@@H]2CC[C@H](C1)N(CC1CC1)C2. The lowest BCUT2D eigenvalue weighted by Gasteiger charge is -2.36. The Morgan fingerprint density at radius 3 is 2.83 bits per heavy atom. The van der Waals surface area contributed by atoms with Gasteiger partial charge in [0.05, 0.1) is 0 Å². The maximum absolute atomic E-state index is 13.2. The molecule has 5 rings (SSSR count). The fourth-order valence-corrected chi connectivity index (χ4v) is 4.03. The second-order valence-corrected chi connectivity index (χ2v) is 7.54. The van der Waals surface area contributed by atoms with Gasteiger partial charge in [0.2, 0.25) is 0 Å². The number of hydrogen-bond donors (Lipinski definition) is 0. The van der Waals surface area contributed by atoms with Crippen LogP contribution >= 0.6 is 0 Å². The topological polar surface area (TPSA) is 32.8 Å². The zero-order valence-corrected chi connectivity index (χ0v) is 14.0. The Bertz CT molecular complexity index is 605. The smallest absolute Gasteiger partial charge is 0.260 e. The fraction of sp³-hybridized carbons (Fsp3) is 0.632. The predicted molar refractivity (Wildman–Crippen MR) is 89.3 cm³/mol. The van der Waals surface area contributed by atoms with Gasteiger partial charge in [0.25, 0.3) is 5.91 Å². The quantitative estimate of drug-likeness (QED) is 0.831. The summed E-state index contributed by atoms with van der Waals surface area (Å²) in [5.74, 6) is 1.56. The van der Waals surface area contributed by atoms with E-state index in [4.69, 9.17) is 4.74 Å². The molecule has 0 spiro atoms. The van der Waals surface area contributed by atoms with Crippen LogP contribution in [-0.2, 0) is 4.79 Å². The first-order valence-electron chi connectivity index (χ1n) is 9.07. The molecule has 5 heteroatoms. The van der Waals surface area contributed by atoms with E-state index in [1.54, 1.807) is 12.1 Å². The summed E-state index contributed by atoms with van der Waals surface area (Å²) >= 11 is 0. The number of amides is 1. The van der Waals surface area contributed by atoms with E-state index in [0.717, 1.165) is 25.6 Å². The number of piperidine rings is 1. The lowest BCUT2D eigenvalue weighted by molar-refractivity contribution is -0.133. The molecule has 24 heavy (non-hydrogen) atoms. The van der Waals surface area contributed by atoms with Gasteiger partial charge in [-0.3, -0.25) is 9.69 Å². The molecular formula is C19H25FN2O2. The second-order valence-electron chi connectivity index (χ2n) is 7.54. The fourth-order valence-electron chi connectivity index (χ4n) is 4.03. The zero-order valence-electron chi connectivity index (χ0n) is 14.0. The van der Waals surface area contributed by atoms with Crippen molar-refractivity contribution in [3.8, 4) is 5.75 Å². The van der Waals surface area contributed by atoms with E-state index in [2.05, 4.69) is 4.90 Å². The van der Waals surface area contributed by atoms with Crippen LogP contribution < -0.4 is 4.74 Å². The molecule has 1 aromatic rings. The van der Waals surface area contributed by atoms with Gasteiger partial charge in [-0.05, 0) is 49.7 Å². The van der Waals surface area contributed by atoms with Gasteiger partial charge in [0.1, 0.15) is 11.6 Å². The van der Waals surface area contributed by atoms with Crippen molar-refractivity contribution in [3.63, 3.8) is 0 Å². The van der Waals surface area contributed by atoms with Crippen molar-refractivity contribution >= 4 is 5.91 Å². The van der Waals surface area contributed by atoms with E-state index < -0.39 is 0 Å². The van der Waals surface area contributed by atoms with Gasteiger partial charge in [0.15, 0.2) is 6.61 Å². The highest BCUT2D eigenvalue weighted by Crippen LogP contribution is 2.34. The first-order valence-corrected chi connectivity index (χ1v) is 9.07. The molecule has 0 N–H and O–H groups in total. The molecule has 1 aromatic carbocycles. The number of halogens is 1. The molecule has 3 saturated heterocycles. The lowest BCUT2D eigenvalue weighted by atomic mass is 9.95. The van der Waals surface area contributed by atoms with Crippen LogP contribution in [0.15, 0.2) is 24.3 Å². The standard InChI is InChI=1S/C19H25FN2O2/c20-16-2-1-3-18(8-16)24-13-19(23)22-11-15-6-7-17(12-22)21(10-15)9-14-4-5-14/h1-3,8,14-15,17H,4-7,9-13H2/t15-,17-/m1/s1. The van der Waals surface area contributed by atoms with Crippen molar-refractivity contribution in [2.45, 2.75) is 31.7 Å². The van der Waals surface area contributed by atoms with Gasteiger partial charge < -0.3 is 9.64 Å². The van der Waals surface area contributed by atoms with Crippen molar-refractivity contribution < 1.29 is 13.9 Å². The third-order valence-electron chi connectivity index (χ3n) is 5.53. The van der Waals surface area contributed by atoms with Gasteiger partial charge in [0, 0.05) is 38.3 Å². The van der Waals surface area contributed by atoms with Crippen LogP contribution in [-0.4, -0.2) is 54.5 Å². The maximum Gasteiger partial charge on any atom is 0.260 e. The molecule has 4 fully saturated rings. The van der Waals surface area contributed by atoms with Crippen LogP contribution in [0.3, 0.4) is 0 Å². The minimum absolute atomic E-state index is 0.00841. The molecular weight excluding hydrogens is 307 g/mol. The molecule has 1 aliphatic carbocycles. The maximum atomic E-state index is 13.2. The number of ether oxygens (including phenoxy) is 1. The van der Waals surface area contributed by atoms with E-state index in [9.17, 15) is 9.18 Å². The van der Waals surface area contributed by atoms with Crippen LogP contribution in [0.4, 0.5) is 4.39 Å². The minimum Gasteiger partial charge on any atom is -0.484 e. The first kappa shape index (κ1) is 15.9. The number of hydrogen-bond acceptors (Lipinski definition) is 3. The van der Waals surface area contributed by atoms with Crippen molar-refractivity contribution in [2.75, 3.05) is 32.8 Å². The molecule has 0 aromatic heterocycles. The Balaban J connectivity index is 1.34. The first-order chi connectivity index (χ1) is 11.7. The third kappa shape index (κ3) is 3.72. The Morgan fingerprint density at radius 1 is 1.17 bits per heavy atom. The summed E-state index contributed by atoms with van der Waals surface area (Å²) in [6, 6.07) is 6.46. The summed E-state index contributed by atoms with van der Waals surface area (Å²) < 4.78 is 18.7. The van der Waals surface area contributed by atoms with Crippen LogP contribution in [0.5, 0.6) is 5.75 Å². The number of benzene rings is 1. The van der Waals surface area contributed by atoms with E-state index in [1.165, 1.54) is 44.4 Å². The molecule has 1 amide bonds. The summed E-state index contributed by atoms with van der Waals surface area (Å²) in [6.45, 7) is 3.99. The van der Waals surface area contributed by atoms with E-state index in [-0.39, 0.29) is 18.3 Å². The van der Waals surface area contributed by atoms with E-state index in [1.807, 2.05) is 4.90 Å². The highest BCUT2D eigenvalue weighted by Gasteiger charge is 2.38. The van der Waals surface area contributed by atoms with Crippen LogP contribution in [0.25, 0.3) is 0 Å². The summed E-state index contributed by atoms with van der Waals surface area (Å²) in [6.07, 6.45) is 5.17. The van der Waals surface area contributed by atoms with Crippen molar-refractivity contribution in [3.05, 3.63) is 30.1 Å². The van der Waals surface area contributed by atoms with E-state index >= 15 is 0 Å². The average Bonchev–Trinajstić information content (AvgIpc) is 3.40. The Kier molecular flexibility index (Phi) is 4.44. The van der Waals surface area contributed by atoms with Crippen molar-refractivity contribution in [1.29, 1.82) is 0 Å². The zero-order chi connectivity index (χ0) is 16.5. The molecule has 2 bridgehead atoms. The highest BCUT2D eigenvalue weighted by molar-refractivity contribution is 5.78. The Morgan fingerprint density at radius 2 is 2.04 bits per heavy atom. The molecule has 3 heterocycles. The molecule has 4 aliphatic rings. The van der Waals surface area contributed by atoms with Gasteiger partial charge in [-0.2, -0.15) is 0 Å². The number of fused-ring (bicyclic) bond motifs is 4. The number of carbonyl (C=O) groups is 1. The van der Waals surface area contributed by atoms with E-state index in [0.29, 0.717) is 17.7 Å². The molecule has 130 valence electrons. The van der Waals surface area contributed by atoms with Crippen molar-refractivity contribution in [1.82, 2.24) is 9.80 Å². The molecule has 0 radical (unpaired) electrons. The summed E-state index contributed by atoms with van der Waals surface area (Å²) in [5, 5.41) is 0. The van der Waals surface area contributed by atoms with Gasteiger partial charge in [-0.15, -0.1) is 0 Å². The van der Waals surface area contributed by atoms with Crippen LogP contribution in [0.1, 0.15) is 25.7 Å². The predicted octanol–water partition coefficient (Wildman–Crippen LogP) is 2.54. The highest BCUT2D eigenvalue weighted by atomic mass is 19.1. The molecule has 0 unspecified atom stereocenters. The summed E-state index contributed by atoms with van der Waals surface area (Å²) in [5.41, 5.74) is 0. The molecule has 4 nitrogen and oxygen atoms in total.